The van der Waals surface area contributed by atoms with Gasteiger partial charge in [-0.15, -0.1) is 0 Å². The fraction of sp³-hybridized carbons (Fsp3) is 0.364. The maximum Gasteiger partial charge on any atom is 0.255 e. The van der Waals surface area contributed by atoms with Crippen LogP contribution < -0.4 is 26.1 Å². The number of fused-ring (bicyclic) bond motifs is 1. The van der Waals surface area contributed by atoms with E-state index in [1.165, 1.54) is 0 Å². The summed E-state index contributed by atoms with van der Waals surface area (Å²) in [6, 6.07) is 2.83. The molecule has 0 radical (unpaired) electrons. The van der Waals surface area contributed by atoms with Crippen LogP contribution in [0.4, 0.5) is 0 Å². The Kier molecular flexibility index (Phi) is 3.16. The van der Waals surface area contributed by atoms with Crippen LogP contribution in [0.1, 0.15) is 17.2 Å². The number of aryl methyl sites for hydroxylation is 1. The molecule has 0 bridgehead atoms. The summed E-state index contributed by atoms with van der Waals surface area (Å²) >= 11 is 0. The Morgan fingerprint density at radius 2 is 2.06 bits per heavy atom. The Labute approximate surface area is 99.0 Å². The Morgan fingerprint density at radius 3 is 2.71 bits per heavy atom. The number of rotatable bonds is 3. The number of carbonyl (C=O) groups is 1. The third kappa shape index (κ3) is 2.17. The average Bonchev–Trinajstić information content (AvgIpc) is 2.74. The first-order valence-corrected chi connectivity index (χ1v) is 5.26. The van der Waals surface area contributed by atoms with Crippen molar-refractivity contribution in [1.82, 2.24) is 10.9 Å². The Balaban J connectivity index is 2.29. The van der Waals surface area contributed by atoms with Crippen molar-refractivity contribution in [3.05, 3.63) is 23.3 Å². The van der Waals surface area contributed by atoms with Crippen molar-refractivity contribution in [3.63, 3.8) is 0 Å². The van der Waals surface area contributed by atoms with Crippen LogP contribution in [0.5, 0.6) is 11.5 Å². The normalized spacial score (nSPS) is 14.5. The lowest BCUT2D eigenvalue weighted by atomic mass is 10.0. The molecule has 0 saturated carbocycles. The summed E-state index contributed by atoms with van der Waals surface area (Å²) in [4.78, 5) is 11.6. The molecular weight excluding hydrogens is 222 g/mol. The zero-order valence-corrected chi connectivity index (χ0v) is 9.74. The Morgan fingerprint density at radius 1 is 1.41 bits per heavy atom. The van der Waals surface area contributed by atoms with Gasteiger partial charge in [0.25, 0.3) is 5.91 Å². The molecule has 17 heavy (non-hydrogen) atoms. The number of hydrazine groups is 1. The summed E-state index contributed by atoms with van der Waals surface area (Å²) < 4.78 is 10.5. The summed E-state index contributed by atoms with van der Waals surface area (Å²) in [7, 11) is 1.61. The van der Waals surface area contributed by atoms with Crippen LogP contribution in [0, 0.1) is 6.92 Å². The predicted octanol–water partition coefficient (Wildman–Crippen LogP) is -0.0259. The van der Waals surface area contributed by atoms with Gasteiger partial charge >= 0.3 is 0 Å². The molecule has 1 aromatic carbocycles. The maximum atomic E-state index is 11.6. The second-order valence-corrected chi connectivity index (χ2v) is 3.78. The van der Waals surface area contributed by atoms with E-state index >= 15 is 0 Å². The molecule has 4 N–H and O–H groups in total. The molecule has 1 unspecified atom stereocenters. The minimum Gasteiger partial charge on any atom is -0.454 e. The van der Waals surface area contributed by atoms with E-state index in [4.69, 9.17) is 15.2 Å². The van der Waals surface area contributed by atoms with Crippen LogP contribution in [0.25, 0.3) is 0 Å². The lowest BCUT2D eigenvalue weighted by molar-refractivity contribution is -0.123. The van der Waals surface area contributed by atoms with Crippen molar-refractivity contribution >= 4 is 5.91 Å². The number of hydrogen-bond donors (Lipinski definition) is 3. The molecule has 0 spiro atoms. The van der Waals surface area contributed by atoms with Crippen molar-refractivity contribution in [1.29, 1.82) is 0 Å². The Bertz CT molecular complexity index is 448. The number of benzene rings is 1. The van der Waals surface area contributed by atoms with E-state index in [0.717, 1.165) is 11.1 Å². The highest BCUT2D eigenvalue weighted by molar-refractivity contribution is 5.83. The van der Waals surface area contributed by atoms with Crippen LogP contribution in [0.3, 0.4) is 0 Å². The summed E-state index contributed by atoms with van der Waals surface area (Å²) in [5, 5.41) is 0. The molecule has 0 saturated heterocycles. The third-order valence-electron chi connectivity index (χ3n) is 2.63. The second-order valence-electron chi connectivity index (χ2n) is 3.78. The van der Waals surface area contributed by atoms with Gasteiger partial charge in [-0.3, -0.25) is 10.2 Å². The van der Waals surface area contributed by atoms with Crippen molar-refractivity contribution in [2.24, 2.45) is 5.73 Å². The van der Waals surface area contributed by atoms with Gasteiger partial charge in [0.05, 0.1) is 0 Å². The molecule has 1 aliphatic rings. The molecule has 0 aliphatic carbocycles. The quantitative estimate of drug-likeness (QED) is 0.643. The van der Waals surface area contributed by atoms with Crippen LogP contribution in [0.15, 0.2) is 12.1 Å². The molecule has 1 aromatic rings. The second kappa shape index (κ2) is 4.60. The van der Waals surface area contributed by atoms with Gasteiger partial charge < -0.3 is 15.2 Å². The molecule has 2 rings (SSSR count). The van der Waals surface area contributed by atoms with E-state index in [0.29, 0.717) is 11.5 Å². The zero-order chi connectivity index (χ0) is 12.4. The summed E-state index contributed by atoms with van der Waals surface area (Å²) in [5.74, 6) is 1.01. The number of nitrogens with one attached hydrogen (secondary N) is 2. The molecule has 1 atom stereocenters. The van der Waals surface area contributed by atoms with Gasteiger partial charge in [0.2, 0.25) is 6.79 Å². The highest BCUT2D eigenvalue weighted by Crippen LogP contribution is 2.36. The maximum absolute atomic E-state index is 11.6. The summed E-state index contributed by atoms with van der Waals surface area (Å²) in [6.45, 7) is 2.08. The molecule has 1 heterocycles. The minimum atomic E-state index is -0.739. The first-order valence-electron chi connectivity index (χ1n) is 5.26. The van der Waals surface area contributed by atoms with Gasteiger partial charge in [-0.25, -0.2) is 5.43 Å². The first kappa shape index (κ1) is 11.7. The van der Waals surface area contributed by atoms with E-state index in [9.17, 15) is 4.79 Å². The molecule has 1 aliphatic heterocycles. The monoisotopic (exact) mass is 237 g/mol. The molecule has 0 aromatic heterocycles. The largest absolute Gasteiger partial charge is 0.454 e. The zero-order valence-electron chi connectivity index (χ0n) is 9.74. The number of nitrogens with two attached hydrogens (primary N) is 1. The highest BCUT2D eigenvalue weighted by atomic mass is 16.7. The smallest absolute Gasteiger partial charge is 0.255 e. The van der Waals surface area contributed by atoms with Crippen LogP contribution in [0.2, 0.25) is 0 Å². The van der Waals surface area contributed by atoms with E-state index in [1.807, 2.05) is 13.0 Å². The van der Waals surface area contributed by atoms with Crippen molar-refractivity contribution in [3.8, 4) is 11.5 Å². The van der Waals surface area contributed by atoms with E-state index in [2.05, 4.69) is 10.9 Å². The van der Waals surface area contributed by atoms with Gasteiger partial charge in [0.15, 0.2) is 11.5 Å². The molecular formula is C11H15N3O3. The van der Waals surface area contributed by atoms with E-state index in [1.54, 1.807) is 13.1 Å². The van der Waals surface area contributed by atoms with Crippen molar-refractivity contribution < 1.29 is 14.3 Å². The fourth-order valence-corrected chi connectivity index (χ4v) is 1.74. The van der Waals surface area contributed by atoms with Crippen LogP contribution in [-0.4, -0.2) is 19.7 Å². The van der Waals surface area contributed by atoms with Gasteiger partial charge in [0.1, 0.15) is 6.04 Å². The summed E-state index contributed by atoms with van der Waals surface area (Å²) in [6.07, 6.45) is 0. The summed E-state index contributed by atoms with van der Waals surface area (Å²) in [5.41, 5.74) is 12.5. The fourth-order valence-electron chi connectivity index (χ4n) is 1.74. The number of ether oxygens (including phenoxy) is 2. The van der Waals surface area contributed by atoms with Crippen molar-refractivity contribution in [2.75, 3.05) is 13.8 Å². The van der Waals surface area contributed by atoms with Gasteiger partial charge in [0, 0.05) is 7.05 Å². The van der Waals surface area contributed by atoms with Gasteiger partial charge in [-0.05, 0) is 30.2 Å². The van der Waals surface area contributed by atoms with E-state index in [-0.39, 0.29) is 12.7 Å². The van der Waals surface area contributed by atoms with Gasteiger partial charge in [-0.1, -0.05) is 0 Å². The van der Waals surface area contributed by atoms with Gasteiger partial charge in [-0.2, -0.15) is 0 Å². The molecule has 92 valence electrons. The Hall–Kier alpha value is -1.79. The number of carbonyl (C=O) groups excluding carboxylic acids is 1. The van der Waals surface area contributed by atoms with Crippen molar-refractivity contribution in [2.45, 2.75) is 13.0 Å². The lowest BCUT2D eigenvalue weighted by Crippen LogP contribution is -2.41. The first-order chi connectivity index (χ1) is 8.13. The minimum absolute atomic E-state index is 0.205. The molecule has 6 heteroatoms. The average molecular weight is 237 g/mol. The third-order valence-corrected chi connectivity index (χ3v) is 2.63. The number of amides is 1. The highest BCUT2D eigenvalue weighted by Gasteiger charge is 2.22. The lowest BCUT2D eigenvalue weighted by Gasteiger charge is -2.14. The SMILES string of the molecule is CNNC(=O)C(N)c1cc2c(cc1C)OCO2. The molecule has 6 nitrogen and oxygen atoms in total. The van der Waals surface area contributed by atoms with E-state index < -0.39 is 6.04 Å². The van der Waals surface area contributed by atoms with Crippen LogP contribution >= 0.6 is 0 Å². The number of hydrogen-bond acceptors (Lipinski definition) is 5. The standard InChI is InChI=1S/C11H15N3O3/c1-6-3-8-9(17-5-16-8)4-7(6)10(12)11(15)14-13-2/h3-4,10,13H,5,12H2,1-2H3,(H,14,15). The molecule has 0 fully saturated rings. The topological polar surface area (TPSA) is 85.6 Å². The van der Waals surface area contributed by atoms with Crippen LogP contribution in [-0.2, 0) is 4.79 Å². The molecule has 1 amide bonds. The predicted molar refractivity (Wildman–Crippen MR) is 61.4 cm³/mol.